The summed E-state index contributed by atoms with van der Waals surface area (Å²) >= 11 is 0. The molecule has 3 aliphatic rings. The van der Waals surface area contributed by atoms with Crippen molar-refractivity contribution in [2.45, 2.75) is 44.2 Å². The Morgan fingerprint density at radius 2 is 2.00 bits per heavy atom. The Labute approximate surface area is 183 Å². The molecule has 3 heterocycles. The van der Waals surface area contributed by atoms with Gasteiger partial charge in [0.05, 0.1) is 11.6 Å². The van der Waals surface area contributed by atoms with E-state index in [1.165, 1.54) is 23.0 Å². The van der Waals surface area contributed by atoms with Gasteiger partial charge < -0.3 is 14.7 Å². The number of aromatic hydroxyl groups is 1. The predicted molar refractivity (Wildman–Crippen MR) is 112 cm³/mol. The molecule has 2 aromatic rings. The summed E-state index contributed by atoms with van der Waals surface area (Å²) in [4.78, 5) is 27.4. The molecule has 2 aliphatic heterocycles. The predicted octanol–water partition coefficient (Wildman–Crippen LogP) is 3.21. The van der Waals surface area contributed by atoms with Crippen LogP contribution in [0.1, 0.15) is 54.7 Å². The van der Waals surface area contributed by atoms with Crippen LogP contribution in [0.2, 0.25) is 0 Å². The number of hydrogen-bond acceptors (Lipinski definition) is 5. The molecule has 0 unspecified atom stereocenters. The lowest BCUT2D eigenvalue weighted by Crippen LogP contribution is -2.64. The van der Waals surface area contributed by atoms with Crippen molar-refractivity contribution in [2.75, 3.05) is 18.3 Å². The van der Waals surface area contributed by atoms with Crippen molar-refractivity contribution < 1.29 is 23.4 Å². The summed E-state index contributed by atoms with van der Waals surface area (Å²) in [7, 11) is 0. The van der Waals surface area contributed by atoms with Gasteiger partial charge >= 0.3 is 0 Å². The molecule has 1 spiro atoms. The van der Waals surface area contributed by atoms with Crippen LogP contribution in [-0.2, 0) is 0 Å². The van der Waals surface area contributed by atoms with Crippen LogP contribution in [0.15, 0.2) is 41.3 Å². The van der Waals surface area contributed by atoms with E-state index >= 15 is 0 Å². The number of carbonyl (C=O) groups is 1. The molecule has 32 heavy (non-hydrogen) atoms. The van der Waals surface area contributed by atoms with Gasteiger partial charge in [0, 0.05) is 17.8 Å². The normalized spacial score (nSPS) is 22.3. The molecule has 1 amide bonds. The highest BCUT2D eigenvalue weighted by atomic mass is 19.2. The fourth-order valence-electron chi connectivity index (χ4n) is 4.94. The maximum atomic E-state index is 14.8. The number of fused-ring (bicyclic) bond motifs is 6. The summed E-state index contributed by atoms with van der Waals surface area (Å²) in [5.74, 6) is -3.33. The summed E-state index contributed by atoms with van der Waals surface area (Å²) in [6, 6.07) is 3.19. The van der Waals surface area contributed by atoms with Crippen LogP contribution in [0.25, 0.3) is 0 Å². The third kappa shape index (κ3) is 2.83. The Morgan fingerprint density at radius 3 is 2.69 bits per heavy atom. The zero-order valence-corrected chi connectivity index (χ0v) is 17.6. The molecule has 168 valence electrons. The molecule has 9 heteroatoms. The van der Waals surface area contributed by atoms with Crippen LogP contribution in [-0.4, -0.2) is 39.4 Å². The number of amides is 1. The van der Waals surface area contributed by atoms with Crippen LogP contribution in [0.3, 0.4) is 0 Å². The minimum Gasteiger partial charge on any atom is -0.502 e. The first kappa shape index (κ1) is 20.5. The standard InChI is InChI=1S/C23H23F2N3O4/c1-2-16-14-5-6-15(24)18(25)21(14)32-12-4-10-23(8-3-9-23)26-13-28(16)27-11-7-17(29)20(30)19(27)22(26)31/h4-7,10-11,16,30H,2-3,8-9,12-13H2,1H3/b10-4+/t16-/m0/s1. The average molecular weight is 443 g/mol. The van der Waals surface area contributed by atoms with Gasteiger partial charge in [0.2, 0.25) is 11.2 Å². The minimum atomic E-state index is -1.07. The molecule has 2 bridgehead atoms. The number of carbonyl (C=O) groups excluding carboxylic acids is 1. The molecule has 5 rings (SSSR count). The van der Waals surface area contributed by atoms with Gasteiger partial charge in [-0.15, -0.1) is 0 Å². The van der Waals surface area contributed by atoms with Crippen molar-refractivity contribution in [3.8, 4) is 11.5 Å². The number of halogens is 2. The van der Waals surface area contributed by atoms with Crippen LogP contribution >= 0.6 is 0 Å². The van der Waals surface area contributed by atoms with Crippen molar-refractivity contribution in [1.29, 1.82) is 0 Å². The zero-order chi connectivity index (χ0) is 22.6. The van der Waals surface area contributed by atoms with Crippen molar-refractivity contribution in [1.82, 2.24) is 9.58 Å². The Morgan fingerprint density at radius 1 is 1.22 bits per heavy atom. The largest absolute Gasteiger partial charge is 0.502 e. The van der Waals surface area contributed by atoms with E-state index in [-0.39, 0.29) is 24.7 Å². The topological polar surface area (TPSA) is 75.0 Å². The van der Waals surface area contributed by atoms with E-state index in [1.807, 2.05) is 13.0 Å². The maximum absolute atomic E-state index is 14.8. The van der Waals surface area contributed by atoms with Crippen molar-refractivity contribution >= 4 is 5.91 Å². The summed E-state index contributed by atoms with van der Waals surface area (Å²) < 4.78 is 36.0. The van der Waals surface area contributed by atoms with E-state index < -0.39 is 40.3 Å². The van der Waals surface area contributed by atoms with Gasteiger partial charge in [-0.2, -0.15) is 4.39 Å². The van der Waals surface area contributed by atoms with E-state index in [0.29, 0.717) is 24.8 Å². The lowest BCUT2D eigenvalue weighted by Gasteiger charge is -2.53. The smallest absolute Gasteiger partial charge is 0.278 e. The van der Waals surface area contributed by atoms with Crippen LogP contribution in [0, 0.1) is 11.6 Å². The van der Waals surface area contributed by atoms with Crippen molar-refractivity contribution in [3.63, 3.8) is 0 Å². The molecule has 1 N–H and O–H groups in total. The van der Waals surface area contributed by atoms with Crippen molar-refractivity contribution in [2.24, 2.45) is 0 Å². The van der Waals surface area contributed by atoms with E-state index in [1.54, 1.807) is 16.0 Å². The number of ether oxygens (including phenoxy) is 1. The highest BCUT2D eigenvalue weighted by Crippen LogP contribution is 2.44. The molecule has 1 aromatic carbocycles. The van der Waals surface area contributed by atoms with Crippen LogP contribution in [0.5, 0.6) is 11.5 Å². The summed E-state index contributed by atoms with van der Waals surface area (Å²) in [5, 5.41) is 12.3. The van der Waals surface area contributed by atoms with Gasteiger partial charge in [0.1, 0.15) is 13.3 Å². The maximum Gasteiger partial charge on any atom is 0.278 e. The SMILES string of the molecule is CC[C@H]1c2ccc(F)c(F)c2OC/C=C/C2(CCC2)N2CN1n1ccc(=O)c(O)c1C2=O. The summed E-state index contributed by atoms with van der Waals surface area (Å²) in [6.07, 6.45) is 7.82. The number of aromatic nitrogens is 1. The van der Waals surface area contributed by atoms with E-state index in [9.17, 15) is 23.5 Å². The highest BCUT2D eigenvalue weighted by Gasteiger charge is 2.48. The lowest BCUT2D eigenvalue weighted by molar-refractivity contribution is 0.0247. The average Bonchev–Trinajstić information content (AvgIpc) is 2.77. The fourth-order valence-corrected chi connectivity index (χ4v) is 4.94. The number of benzene rings is 1. The van der Waals surface area contributed by atoms with E-state index in [0.717, 1.165) is 12.5 Å². The van der Waals surface area contributed by atoms with Gasteiger partial charge in [0.25, 0.3) is 5.91 Å². The molecule has 0 radical (unpaired) electrons. The molecule has 1 atom stereocenters. The molecule has 1 aromatic heterocycles. The third-order valence-corrected chi connectivity index (χ3v) is 6.76. The first-order valence-corrected chi connectivity index (χ1v) is 10.7. The lowest BCUT2D eigenvalue weighted by atomic mass is 9.74. The number of hydrogen-bond donors (Lipinski definition) is 1. The van der Waals surface area contributed by atoms with E-state index in [4.69, 9.17) is 4.74 Å². The second-order valence-electron chi connectivity index (χ2n) is 8.41. The minimum absolute atomic E-state index is 0.0175. The Kier molecular flexibility index (Phi) is 4.72. The first-order chi connectivity index (χ1) is 15.4. The quantitative estimate of drug-likeness (QED) is 0.686. The van der Waals surface area contributed by atoms with Crippen molar-refractivity contribution in [3.05, 3.63) is 69.7 Å². The molecule has 1 aliphatic carbocycles. The Balaban J connectivity index is 1.78. The molecule has 7 nitrogen and oxygen atoms in total. The molecular formula is C23H23F2N3O4. The van der Waals surface area contributed by atoms with Gasteiger partial charge in [-0.25, -0.2) is 4.39 Å². The first-order valence-electron chi connectivity index (χ1n) is 10.7. The van der Waals surface area contributed by atoms with E-state index in [2.05, 4.69) is 0 Å². The monoisotopic (exact) mass is 443 g/mol. The number of nitrogens with zero attached hydrogens (tertiary/aromatic N) is 3. The summed E-state index contributed by atoms with van der Waals surface area (Å²) in [6.45, 7) is 2.05. The van der Waals surface area contributed by atoms with Gasteiger partial charge in [-0.3, -0.25) is 19.3 Å². The fraction of sp³-hybridized carbons (Fsp3) is 0.391. The highest BCUT2D eigenvalue weighted by molar-refractivity contribution is 5.97. The number of pyridine rings is 1. The van der Waals surface area contributed by atoms with Gasteiger partial charge in [-0.05, 0) is 37.8 Å². The van der Waals surface area contributed by atoms with Gasteiger partial charge in [0.15, 0.2) is 23.0 Å². The number of rotatable bonds is 1. The second-order valence-corrected chi connectivity index (χ2v) is 8.41. The van der Waals surface area contributed by atoms with Crippen LogP contribution in [0.4, 0.5) is 8.78 Å². The second kappa shape index (κ2) is 7.36. The molecule has 1 fully saturated rings. The third-order valence-electron chi connectivity index (χ3n) is 6.76. The van der Waals surface area contributed by atoms with Crippen LogP contribution < -0.4 is 15.2 Å². The Bertz CT molecular complexity index is 1190. The van der Waals surface area contributed by atoms with Gasteiger partial charge in [-0.1, -0.05) is 19.1 Å². The molecule has 0 saturated heterocycles. The molecule has 1 saturated carbocycles. The molecular weight excluding hydrogens is 420 g/mol. The summed E-state index contributed by atoms with van der Waals surface area (Å²) in [5.41, 5.74) is -0.964. The zero-order valence-electron chi connectivity index (χ0n) is 17.6. The Hall–Kier alpha value is -3.36.